The van der Waals surface area contributed by atoms with Crippen molar-refractivity contribution in [2.24, 2.45) is 0 Å². The van der Waals surface area contributed by atoms with Gasteiger partial charge in [-0.15, -0.1) is 11.8 Å². The lowest BCUT2D eigenvalue weighted by molar-refractivity contribution is -0.119. The van der Waals surface area contributed by atoms with Crippen LogP contribution in [0.4, 0.5) is 5.69 Å². The summed E-state index contributed by atoms with van der Waals surface area (Å²) in [6.07, 6.45) is 1.93. The van der Waals surface area contributed by atoms with Crippen molar-refractivity contribution in [2.45, 2.75) is 29.8 Å². The molecule has 0 bridgehead atoms. The second-order valence-electron chi connectivity index (χ2n) is 9.10. The molecule has 8 nitrogen and oxygen atoms in total. The van der Waals surface area contributed by atoms with Crippen molar-refractivity contribution in [1.29, 1.82) is 0 Å². The minimum absolute atomic E-state index is 0.123. The van der Waals surface area contributed by atoms with Crippen molar-refractivity contribution >= 4 is 33.4 Å². The van der Waals surface area contributed by atoms with Crippen molar-refractivity contribution < 1.29 is 22.7 Å². The molecule has 1 saturated heterocycles. The van der Waals surface area contributed by atoms with Gasteiger partial charge in [-0.05, 0) is 72.8 Å². The molecular weight excluding hydrogens is 534 g/mol. The van der Waals surface area contributed by atoms with Crippen LogP contribution in [0.3, 0.4) is 0 Å². The highest BCUT2D eigenvalue weighted by molar-refractivity contribution is 7.98. The van der Waals surface area contributed by atoms with Gasteiger partial charge in [0.2, 0.25) is 5.91 Å². The van der Waals surface area contributed by atoms with Crippen molar-refractivity contribution in [3.05, 3.63) is 83.9 Å². The molecule has 0 aromatic heterocycles. The van der Waals surface area contributed by atoms with Crippen LogP contribution >= 0.6 is 11.8 Å². The molecule has 0 spiro atoms. The normalized spacial score (nSPS) is 14.1. The van der Waals surface area contributed by atoms with Gasteiger partial charge >= 0.3 is 0 Å². The Bertz CT molecular complexity index is 1330. The lowest BCUT2D eigenvalue weighted by atomic mass is 10.1. The summed E-state index contributed by atoms with van der Waals surface area (Å²) in [5.74, 6) is 0.233. The van der Waals surface area contributed by atoms with Crippen molar-refractivity contribution in [3.63, 3.8) is 0 Å². The van der Waals surface area contributed by atoms with Gasteiger partial charge in [0.15, 0.2) is 0 Å². The summed E-state index contributed by atoms with van der Waals surface area (Å²) in [5.41, 5.74) is 2.50. The molecule has 1 N–H and O–H groups in total. The van der Waals surface area contributed by atoms with Crippen LogP contribution in [0.5, 0.6) is 5.75 Å². The summed E-state index contributed by atoms with van der Waals surface area (Å²) in [6.45, 7) is 6.43. The number of hydrogen-bond acceptors (Lipinski definition) is 7. The van der Waals surface area contributed by atoms with Crippen molar-refractivity contribution in [2.75, 3.05) is 50.0 Å². The molecule has 3 aromatic rings. The second-order valence-corrected chi connectivity index (χ2v) is 11.8. The monoisotopic (exact) mass is 569 g/mol. The average molecular weight is 570 g/mol. The number of nitrogens with zero attached hydrogens (tertiary/aromatic N) is 2. The van der Waals surface area contributed by atoms with E-state index in [1.54, 1.807) is 48.5 Å². The quantitative estimate of drug-likeness (QED) is 0.328. The van der Waals surface area contributed by atoms with Gasteiger partial charge in [0, 0.05) is 31.1 Å². The topological polar surface area (TPSA) is 88.2 Å². The highest BCUT2D eigenvalue weighted by Crippen LogP contribution is 2.27. The van der Waals surface area contributed by atoms with E-state index in [1.807, 2.05) is 25.3 Å². The summed E-state index contributed by atoms with van der Waals surface area (Å²) in [4.78, 5) is 16.5. The summed E-state index contributed by atoms with van der Waals surface area (Å²) in [7, 11) is -4.00. The van der Waals surface area contributed by atoms with E-state index in [1.165, 1.54) is 11.8 Å². The Morgan fingerprint density at radius 2 is 1.72 bits per heavy atom. The maximum Gasteiger partial charge on any atom is 0.264 e. The third-order valence-electron chi connectivity index (χ3n) is 6.36. The van der Waals surface area contributed by atoms with Crippen molar-refractivity contribution in [3.8, 4) is 5.75 Å². The SMILES string of the molecule is CCOc1ccc(N(CC(=O)NCc2cccc(CN3CCOCC3)c2)S(=O)(=O)c2ccc(SC)cc2)cc1. The molecule has 0 aliphatic carbocycles. The van der Waals surface area contributed by atoms with Crippen LogP contribution < -0.4 is 14.4 Å². The van der Waals surface area contributed by atoms with Crippen LogP contribution in [0.15, 0.2) is 82.6 Å². The van der Waals surface area contributed by atoms with E-state index < -0.39 is 15.9 Å². The highest BCUT2D eigenvalue weighted by Gasteiger charge is 2.27. The van der Waals surface area contributed by atoms with E-state index in [4.69, 9.17) is 9.47 Å². The molecule has 3 aromatic carbocycles. The first-order valence-corrected chi connectivity index (χ1v) is 15.6. The van der Waals surface area contributed by atoms with E-state index >= 15 is 0 Å². The lowest BCUT2D eigenvalue weighted by Crippen LogP contribution is -2.40. The molecular formula is C29H35N3O5S2. The van der Waals surface area contributed by atoms with Crippen LogP contribution in [-0.4, -0.2) is 64.9 Å². The fourth-order valence-electron chi connectivity index (χ4n) is 4.31. The fourth-order valence-corrected chi connectivity index (χ4v) is 6.14. The summed E-state index contributed by atoms with van der Waals surface area (Å²) >= 11 is 1.53. The smallest absolute Gasteiger partial charge is 0.264 e. The van der Waals surface area contributed by atoms with Gasteiger partial charge in [-0.25, -0.2) is 8.42 Å². The van der Waals surface area contributed by atoms with Gasteiger partial charge in [0.25, 0.3) is 10.0 Å². The summed E-state index contributed by atoms with van der Waals surface area (Å²) in [5, 5.41) is 2.90. The molecule has 1 amide bonds. The molecule has 1 aliphatic heterocycles. The van der Waals surface area contributed by atoms with Crippen LogP contribution in [-0.2, 0) is 32.6 Å². The number of benzene rings is 3. The van der Waals surface area contributed by atoms with Gasteiger partial charge in [0.05, 0.1) is 30.4 Å². The van der Waals surface area contributed by atoms with Gasteiger partial charge in [-0.1, -0.05) is 24.3 Å². The molecule has 0 unspecified atom stereocenters. The molecule has 4 rings (SSSR count). The number of carbonyl (C=O) groups excluding carboxylic acids is 1. The summed E-state index contributed by atoms with van der Waals surface area (Å²) < 4.78 is 39.4. The van der Waals surface area contributed by atoms with E-state index in [9.17, 15) is 13.2 Å². The first-order valence-electron chi connectivity index (χ1n) is 12.9. The number of morpholine rings is 1. The minimum Gasteiger partial charge on any atom is -0.494 e. The molecule has 1 heterocycles. The predicted molar refractivity (Wildman–Crippen MR) is 155 cm³/mol. The predicted octanol–water partition coefficient (Wildman–Crippen LogP) is 4.15. The minimum atomic E-state index is -4.00. The maximum absolute atomic E-state index is 13.7. The molecule has 1 aliphatic rings. The van der Waals surface area contributed by atoms with Gasteiger partial charge in [-0.2, -0.15) is 0 Å². The fraction of sp³-hybridized carbons (Fsp3) is 0.345. The number of anilines is 1. The number of carbonyl (C=O) groups is 1. The third-order valence-corrected chi connectivity index (χ3v) is 8.89. The van der Waals surface area contributed by atoms with Crippen LogP contribution in [0.25, 0.3) is 0 Å². The standard InChI is InChI=1S/C29H35N3O5S2/c1-3-37-26-9-7-25(8-10-26)32(39(34,35)28-13-11-27(38-2)12-14-28)22-29(33)30-20-23-5-4-6-24(19-23)21-31-15-17-36-18-16-31/h4-14,19H,3,15-18,20-22H2,1-2H3,(H,30,33). The second kappa shape index (κ2) is 13.8. The number of thioether (sulfide) groups is 1. The Morgan fingerprint density at radius 1 is 1.03 bits per heavy atom. The van der Waals surface area contributed by atoms with E-state index in [2.05, 4.69) is 22.3 Å². The van der Waals surface area contributed by atoms with Crippen LogP contribution in [0, 0.1) is 0 Å². The Balaban J connectivity index is 1.48. The Labute approximate surface area is 235 Å². The van der Waals surface area contributed by atoms with Crippen LogP contribution in [0.2, 0.25) is 0 Å². The third kappa shape index (κ3) is 7.98. The molecule has 0 radical (unpaired) electrons. The van der Waals surface area contributed by atoms with Crippen molar-refractivity contribution in [1.82, 2.24) is 10.2 Å². The molecule has 39 heavy (non-hydrogen) atoms. The van der Waals surface area contributed by atoms with E-state index in [0.29, 0.717) is 24.6 Å². The van der Waals surface area contributed by atoms with Crippen LogP contribution in [0.1, 0.15) is 18.1 Å². The first kappa shape index (κ1) is 28.9. The Hall–Kier alpha value is -3.05. The number of ether oxygens (including phenoxy) is 2. The summed E-state index contributed by atoms with van der Waals surface area (Å²) in [6, 6.07) is 21.5. The first-order chi connectivity index (χ1) is 18.9. The Morgan fingerprint density at radius 3 is 2.38 bits per heavy atom. The zero-order chi connectivity index (χ0) is 27.7. The molecule has 208 valence electrons. The zero-order valence-electron chi connectivity index (χ0n) is 22.3. The number of hydrogen-bond donors (Lipinski definition) is 1. The Kier molecular flexibility index (Phi) is 10.3. The molecule has 0 saturated carbocycles. The van der Waals surface area contributed by atoms with E-state index in [0.717, 1.165) is 53.2 Å². The number of sulfonamides is 1. The highest BCUT2D eigenvalue weighted by atomic mass is 32.2. The number of rotatable bonds is 12. The average Bonchev–Trinajstić information content (AvgIpc) is 2.96. The maximum atomic E-state index is 13.7. The number of nitrogens with one attached hydrogen (secondary N) is 1. The van der Waals surface area contributed by atoms with Gasteiger partial charge < -0.3 is 14.8 Å². The lowest BCUT2D eigenvalue weighted by Gasteiger charge is -2.26. The number of amides is 1. The molecule has 0 atom stereocenters. The van der Waals surface area contributed by atoms with E-state index in [-0.39, 0.29) is 11.4 Å². The molecule has 10 heteroatoms. The zero-order valence-corrected chi connectivity index (χ0v) is 24.0. The largest absolute Gasteiger partial charge is 0.494 e. The van der Waals surface area contributed by atoms with Gasteiger partial charge in [0.1, 0.15) is 12.3 Å². The molecule has 1 fully saturated rings. The van der Waals surface area contributed by atoms with Gasteiger partial charge in [-0.3, -0.25) is 14.0 Å².